The molecule has 1 saturated heterocycles. The number of piperidine rings is 1. The Kier molecular flexibility index (Phi) is 5.60. The molecule has 1 unspecified atom stereocenters. The van der Waals surface area contributed by atoms with Crippen molar-refractivity contribution in [3.63, 3.8) is 0 Å². The number of hydrogen-bond donors (Lipinski definition) is 2. The maximum Gasteiger partial charge on any atom is 0.224 e. The topological polar surface area (TPSA) is 58.4 Å². The van der Waals surface area contributed by atoms with Crippen LogP contribution in [0.5, 0.6) is 0 Å². The molecular formula is C14H29N3O. The molecular weight excluding hydrogens is 226 g/mol. The normalized spacial score (nSPS) is 20.7. The van der Waals surface area contributed by atoms with Crippen LogP contribution in [0.2, 0.25) is 0 Å². The molecule has 3 N–H and O–H groups in total. The first-order valence-corrected chi connectivity index (χ1v) is 7.03. The van der Waals surface area contributed by atoms with Gasteiger partial charge < -0.3 is 16.0 Å². The highest BCUT2D eigenvalue weighted by Crippen LogP contribution is 2.34. The zero-order chi connectivity index (χ0) is 13.8. The average molecular weight is 255 g/mol. The molecule has 0 bridgehead atoms. The van der Waals surface area contributed by atoms with Gasteiger partial charge in [-0.1, -0.05) is 20.8 Å². The van der Waals surface area contributed by atoms with Crippen LogP contribution in [0, 0.1) is 17.3 Å². The van der Waals surface area contributed by atoms with Crippen molar-refractivity contribution in [2.24, 2.45) is 23.0 Å². The molecule has 0 aliphatic carbocycles. The van der Waals surface area contributed by atoms with Gasteiger partial charge in [-0.15, -0.1) is 0 Å². The Morgan fingerprint density at radius 2 is 2.00 bits per heavy atom. The van der Waals surface area contributed by atoms with Crippen molar-refractivity contribution in [3.05, 3.63) is 0 Å². The molecule has 1 aliphatic rings. The number of carbonyl (C=O) groups excluding carboxylic acids is 1. The number of amides is 1. The van der Waals surface area contributed by atoms with Crippen molar-refractivity contribution in [3.8, 4) is 0 Å². The number of nitrogens with one attached hydrogen (secondary N) is 1. The lowest BCUT2D eigenvalue weighted by atomic mass is 9.73. The summed E-state index contributed by atoms with van der Waals surface area (Å²) in [5.41, 5.74) is 5.68. The molecule has 1 atom stereocenters. The highest BCUT2D eigenvalue weighted by Gasteiger charge is 2.32. The van der Waals surface area contributed by atoms with Crippen molar-refractivity contribution >= 4 is 5.91 Å². The molecule has 0 aromatic carbocycles. The average Bonchev–Trinajstić information content (AvgIpc) is 2.35. The zero-order valence-electron chi connectivity index (χ0n) is 12.3. The fraction of sp³-hybridized carbons (Fsp3) is 0.929. The van der Waals surface area contributed by atoms with Gasteiger partial charge >= 0.3 is 0 Å². The van der Waals surface area contributed by atoms with E-state index in [0.717, 1.165) is 6.54 Å². The van der Waals surface area contributed by atoms with Gasteiger partial charge in [0.25, 0.3) is 0 Å². The molecule has 18 heavy (non-hydrogen) atoms. The minimum absolute atomic E-state index is 0.0819. The number of nitrogens with zero attached hydrogens (tertiary/aromatic N) is 1. The molecule has 1 fully saturated rings. The standard InChI is InChI=1S/C14H29N3O/c1-11(9-15)13(18)16-10-14(2,3)12-5-7-17(4)8-6-12/h11-12H,5-10,15H2,1-4H3,(H,16,18). The van der Waals surface area contributed by atoms with Gasteiger partial charge in [-0.25, -0.2) is 0 Å². The highest BCUT2D eigenvalue weighted by molar-refractivity contribution is 5.78. The summed E-state index contributed by atoms with van der Waals surface area (Å²) in [6, 6.07) is 0. The minimum Gasteiger partial charge on any atom is -0.355 e. The van der Waals surface area contributed by atoms with E-state index in [2.05, 4.69) is 31.1 Å². The molecule has 1 aliphatic heterocycles. The summed E-state index contributed by atoms with van der Waals surface area (Å²) in [7, 11) is 2.17. The third kappa shape index (κ3) is 4.25. The molecule has 4 heteroatoms. The van der Waals surface area contributed by atoms with Crippen molar-refractivity contribution in [1.82, 2.24) is 10.2 Å². The second kappa shape index (κ2) is 6.53. The highest BCUT2D eigenvalue weighted by atomic mass is 16.1. The Morgan fingerprint density at radius 1 is 1.44 bits per heavy atom. The van der Waals surface area contributed by atoms with E-state index in [9.17, 15) is 4.79 Å². The molecule has 0 saturated carbocycles. The lowest BCUT2D eigenvalue weighted by Gasteiger charge is -2.40. The van der Waals surface area contributed by atoms with Crippen molar-refractivity contribution in [1.29, 1.82) is 0 Å². The second-order valence-corrected chi connectivity index (χ2v) is 6.42. The summed E-state index contributed by atoms with van der Waals surface area (Å²) in [6.45, 7) is 9.90. The quantitative estimate of drug-likeness (QED) is 0.772. The van der Waals surface area contributed by atoms with Gasteiger partial charge in [0, 0.05) is 19.0 Å². The largest absolute Gasteiger partial charge is 0.355 e. The lowest BCUT2D eigenvalue weighted by Crippen LogP contribution is -2.44. The molecule has 1 heterocycles. The molecule has 1 rings (SSSR count). The summed E-state index contributed by atoms with van der Waals surface area (Å²) in [5, 5.41) is 3.05. The Morgan fingerprint density at radius 3 is 2.50 bits per heavy atom. The van der Waals surface area contributed by atoms with E-state index >= 15 is 0 Å². The van der Waals surface area contributed by atoms with E-state index in [1.165, 1.54) is 25.9 Å². The van der Waals surface area contributed by atoms with Crippen LogP contribution in [-0.2, 0) is 4.79 Å². The van der Waals surface area contributed by atoms with Crippen molar-refractivity contribution in [2.45, 2.75) is 33.6 Å². The van der Waals surface area contributed by atoms with E-state index in [4.69, 9.17) is 5.73 Å². The van der Waals surface area contributed by atoms with Crippen LogP contribution < -0.4 is 11.1 Å². The summed E-state index contributed by atoms with van der Waals surface area (Å²) in [4.78, 5) is 14.1. The predicted molar refractivity (Wildman–Crippen MR) is 75.2 cm³/mol. The van der Waals surface area contributed by atoms with E-state index in [-0.39, 0.29) is 17.2 Å². The fourth-order valence-electron chi connectivity index (χ4n) is 2.53. The predicted octanol–water partition coefficient (Wildman–Crippen LogP) is 1.07. The third-order valence-electron chi connectivity index (χ3n) is 4.34. The Hall–Kier alpha value is -0.610. The van der Waals surface area contributed by atoms with E-state index in [0.29, 0.717) is 12.5 Å². The van der Waals surface area contributed by atoms with Gasteiger partial charge in [0.1, 0.15) is 0 Å². The number of rotatable bonds is 5. The molecule has 0 spiro atoms. The van der Waals surface area contributed by atoms with Crippen LogP contribution in [0.25, 0.3) is 0 Å². The molecule has 0 radical (unpaired) electrons. The number of hydrogen-bond acceptors (Lipinski definition) is 3. The van der Waals surface area contributed by atoms with E-state index < -0.39 is 0 Å². The van der Waals surface area contributed by atoms with Gasteiger partial charge in [0.15, 0.2) is 0 Å². The monoisotopic (exact) mass is 255 g/mol. The van der Waals surface area contributed by atoms with Crippen molar-refractivity contribution < 1.29 is 4.79 Å². The zero-order valence-corrected chi connectivity index (χ0v) is 12.3. The third-order valence-corrected chi connectivity index (χ3v) is 4.34. The van der Waals surface area contributed by atoms with Gasteiger partial charge in [-0.05, 0) is 44.3 Å². The van der Waals surface area contributed by atoms with Crippen LogP contribution in [-0.4, -0.2) is 44.0 Å². The number of likely N-dealkylation sites (tertiary alicyclic amines) is 1. The second-order valence-electron chi connectivity index (χ2n) is 6.42. The summed E-state index contributed by atoms with van der Waals surface area (Å²) in [6.07, 6.45) is 2.46. The van der Waals surface area contributed by atoms with Gasteiger partial charge in [-0.3, -0.25) is 4.79 Å². The molecule has 0 aromatic rings. The van der Waals surface area contributed by atoms with Crippen LogP contribution in [0.4, 0.5) is 0 Å². The van der Waals surface area contributed by atoms with Gasteiger partial charge in [0.2, 0.25) is 5.91 Å². The van der Waals surface area contributed by atoms with Gasteiger partial charge in [0.05, 0.1) is 0 Å². The summed E-state index contributed by atoms with van der Waals surface area (Å²) < 4.78 is 0. The van der Waals surface area contributed by atoms with Crippen LogP contribution in [0.15, 0.2) is 0 Å². The lowest BCUT2D eigenvalue weighted by molar-refractivity contribution is -0.124. The molecule has 4 nitrogen and oxygen atoms in total. The Labute approximate surface area is 111 Å². The van der Waals surface area contributed by atoms with Crippen LogP contribution in [0.3, 0.4) is 0 Å². The minimum atomic E-state index is -0.0849. The van der Waals surface area contributed by atoms with Crippen LogP contribution >= 0.6 is 0 Å². The molecule has 1 amide bonds. The maximum atomic E-state index is 11.8. The number of nitrogens with two attached hydrogens (primary N) is 1. The Balaban J connectivity index is 2.41. The van der Waals surface area contributed by atoms with Crippen LogP contribution in [0.1, 0.15) is 33.6 Å². The first kappa shape index (κ1) is 15.4. The smallest absolute Gasteiger partial charge is 0.224 e. The van der Waals surface area contributed by atoms with Gasteiger partial charge in [-0.2, -0.15) is 0 Å². The fourth-order valence-corrected chi connectivity index (χ4v) is 2.53. The first-order chi connectivity index (χ1) is 8.36. The SMILES string of the molecule is CC(CN)C(=O)NCC(C)(C)C1CCN(C)CC1. The van der Waals surface area contributed by atoms with E-state index in [1.807, 2.05) is 6.92 Å². The molecule has 0 aromatic heterocycles. The first-order valence-electron chi connectivity index (χ1n) is 7.03. The van der Waals surface area contributed by atoms with Crippen molar-refractivity contribution in [2.75, 3.05) is 33.2 Å². The Bertz CT molecular complexity index is 270. The maximum absolute atomic E-state index is 11.8. The summed E-state index contributed by atoms with van der Waals surface area (Å²) >= 11 is 0. The van der Waals surface area contributed by atoms with E-state index in [1.54, 1.807) is 0 Å². The summed E-state index contributed by atoms with van der Waals surface area (Å²) in [5.74, 6) is 0.693. The molecule has 106 valence electrons. The number of carbonyl (C=O) groups is 1.